The zero-order chi connectivity index (χ0) is 15.8. The van der Waals surface area contributed by atoms with Crippen LogP contribution >= 0.6 is 0 Å². The molecule has 1 saturated heterocycles. The van der Waals surface area contributed by atoms with E-state index in [2.05, 4.69) is 16.9 Å². The first-order valence-electron chi connectivity index (χ1n) is 8.05. The number of hydrogen-bond donors (Lipinski definition) is 1. The fourth-order valence-electron chi connectivity index (χ4n) is 3.45. The van der Waals surface area contributed by atoms with Crippen LogP contribution in [0.3, 0.4) is 0 Å². The molecule has 5 nitrogen and oxygen atoms in total. The van der Waals surface area contributed by atoms with Crippen molar-refractivity contribution in [1.82, 2.24) is 19.4 Å². The maximum absolute atomic E-state index is 10.3. The van der Waals surface area contributed by atoms with Gasteiger partial charge < -0.3 is 10.0 Å². The Balaban J connectivity index is 1.86. The smallest absolute Gasteiger partial charge is 0.164 e. The second-order valence-electron chi connectivity index (χ2n) is 6.18. The molecule has 3 heterocycles. The van der Waals surface area contributed by atoms with Crippen LogP contribution in [0.5, 0.6) is 5.75 Å². The molecule has 1 aliphatic rings. The highest BCUT2D eigenvalue weighted by atomic mass is 16.3. The zero-order valence-electron chi connectivity index (χ0n) is 13.2. The SMILES string of the molecule is CN1CCCC1Cc1nc2cccnc2n1-c1ccccc1O. The Morgan fingerprint density at radius 2 is 2.09 bits per heavy atom. The van der Waals surface area contributed by atoms with Gasteiger partial charge in [-0.05, 0) is 50.7 Å². The largest absolute Gasteiger partial charge is 0.506 e. The van der Waals surface area contributed by atoms with Crippen molar-refractivity contribution in [1.29, 1.82) is 0 Å². The minimum atomic E-state index is 0.249. The second kappa shape index (κ2) is 5.66. The van der Waals surface area contributed by atoms with Crippen LogP contribution in [0.1, 0.15) is 18.7 Å². The molecule has 3 aromatic rings. The Morgan fingerprint density at radius 3 is 2.87 bits per heavy atom. The fraction of sp³-hybridized carbons (Fsp3) is 0.333. The number of rotatable bonds is 3. The molecule has 2 aromatic heterocycles. The van der Waals surface area contributed by atoms with E-state index in [-0.39, 0.29) is 5.75 Å². The number of pyridine rings is 1. The van der Waals surface area contributed by atoms with Gasteiger partial charge in [0.2, 0.25) is 0 Å². The molecule has 0 bridgehead atoms. The maximum Gasteiger partial charge on any atom is 0.164 e. The van der Waals surface area contributed by atoms with Crippen LogP contribution in [0, 0.1) is 0 Å². The number of hydrogen-bond acceptors (Lipinski definition) is 4. The van der Waals surface area contributed by atoms with E-state index < -0.39 is 0 Å². The summed E-state index contributed by atoms with van der Waals surface area (Å²) in [6.45, 7) is 1.14. The van der Waals surface area contributed by atoms with Crippen molar-refractivity contribution >= 4 is 11.2 Å². The number of aromatic nitrogens is 3. The van der Waals surface area contributed by atoms with Gasteiger partial charge in [-0.2, -0.15) is 0 Å². The number of para-hydroxylation sites is 2. The second-order valence-corrected chi connectivity index (χ2v) is 6.18. The summed E-state index contributed by atoms with van der Waals surface area (Å²) in [5.41, 5.74) is 2.40. The third-order valence-electron chi connectivity index (χ3n) is 4.70. The topological polar surface area (TPSA) is 54.2 Å². The van der Waals surface area contributed by atoms with Gasteiger partial charge in [0.25, 0.3) is 0 Å². The lowest BCUT2D eigenvalue weighted by Gasteiger charge is -2.19. The first-order valence-corrected chi connectivity index (χ1v) is 8.05. The molecule has 0 spiro atoms. The van der Waals surface area contributed by atoms with E-state index in [0.29, 0.717) is 6.04 Å². The highest BCUT2D eigenvalue weighted by molar-refractivity contribution is 5.74. The van der Waals surface area contributed by atoms with E-state index in [4.69, 9.17) is 4.98 Å². The highest BCUT2D eigenvalue weighted by Crippen LogP contribution is 2.28. The van der Waals surface area contributed by atoms with Crippen LogP contribution in [0.15, 0.2) is 42.6 Å². The van der Waals surface area contributed by atoms with Crippen LogP contribution in [0.25, 0.3) is 16.9 Å². The van der Waals surface area contributed by atoms with Crippen LogP contribution in [-0.4, -0.2) is 44.2 Å². The average molecular weight is 308 g/mol. The molecule has 1 atom stereocenters. The number of benzene rings is 1. The maximum atomic E-state index is 10.3. The van der Waals surface area contributed by atoms with Crippen molar-refractivity contribution in [3.63, 3.8) is 0 Å². The molecule has 118 valence electrons. The minimum absolute atomic E-state index is 0.249. The van der Waals surface area contributed by atoms with E-state index >= 15 is 0 Å². The van der Waals surface area contributed by atoms with E-state index in [1.165, 1.54) is 12.8 Å². The summed E-state index contributed by atoms with van der Waals surface area (Å²) >= 11 is 0. The molecule has 1 unspecified atom stereocenters. The summed E-state index contributed by atoms with van der Waals surface area (Å²) in [7, 11) is 2.17. The molecule has 1 aromatic carbocycles. The normalized spacial score (nSPS) is 18.7. The van der Waals surface area contributed by atoms with Crippen molar-refractivity contribution in [3.05, 3.63) is 48.4 Å². The van der Waals surface area contributed by atoms with Gasteiger partial charge in [-0.3, -0.25) is 4.57 Å². The molecule has 5 heteroatoms. The van der Waals surface area contributed by atoms with Gasteiger partial charge in [-0.15, -0.1) is 0 Å². The van der Waals surface area contributed by atoms with E-state index in [1.807, 2.05) is 34.9 Å². The summed E-state index contributed by atoms with van der Waals surface area (Å²) in [5.74, 6) is 1.21. The van der Waals surface area contributed by atoms with Crippen LogP contribution in [0.4, 0.5) is 0 Å². The summed E-state index contributed by atoms with van der Waals surface area (Å²) in [4.78, 5) is 11.7. The zero-order valence-corrected chi connectivity index (χ0v) is 13.2. The van der Waals surface area contributed by atoms with E-state index in [0.717, 1.165) is 35.6 Å². The monoisotopic (exact) mass is 308 g/mol. The van der Waals surface area contributed by atoms with Gasteiger partial charge >= 0.3 is 0 Å². The van der Waals surface area contributed by atoms with Crippen molar-refractivity contribution in [2.45, 2.75) is 25.3 Å². The number of nitrogens with zero attached hydrogens (tertiary/aromatic N) is 4. The molecular weight excluding hydrogens is 288 g/mol. The average Bonchev–Trinajstić information content (AvgIpc) is 3.12. The summed E-state index contributed by atoms with van der Waals surface area (Å²) in [6.07, 6.45) is 5.05. The Bertz CT molecular complexity index is 842. The van der Waals surface area contributed by atoms with Gasteiger partial charge in [-0.1, -0.05) is 12.1 Å². The first kappa shape index (κ1) is 14.2. The van der Waals surface area contributed by atoms with E-state index in [1.54, 1.807) is 12.3 Å². The molecule has 0 radical (unpaired) electrons. The minimum Gasteiger partial charge on any atom is -0.506 e. The first-order chi connectivity index (χ1) is 11.2. The molecule has 0 aliphatic carbocycles. The van der Waals surface area contributed by atoms with Crippen molar-refractivity contribution < 1.29 is 5.11 Å². The molecule has 1 fully saturated rings. The third-order valence-corrected chi connectivity index (χ3v) is 4.70. The highest BCUT2D eigenvalue weighted by Gasteiger charge is 2.25. The van der Waals surface area contributed by atoms with Gasteiger partial charge in [0.1, 0.15) is 17.1 Å². The standard InChI is InChI=1S/C18H20N4O/c1-21-11-5-6-13(21)12-17-20-14-7-4-10-19-18(14)22(17)15-8-2-3-9-16(15)23/h2-4,7-10,13,23H,5-6,11-12H2,1H3. The lowest BCUT2D eigenvalue weighted by molar-refractivity contribution is 0.305. The number of likely N-dealkylation sites (N-methyl/N-ethyl adjacent to an activating group) is 1. The summed E-state index contributed by atoms with van der Waals surface area (Å²) < 4.78 is 2.00. The number of phenols is 1. The number of fused-ring (bicyclic) bond motifs is 1. The Morgan fingerprint density at radius 1 is 1.22 bits per heavy atom. The molecule has 0 saturated carbocycles. The quantitative estimate of drug-likeness (QED) is 0.808. The predicted molar refractivity (Wildman–Crippen MR) is 89.9 cm³/mol. The number of phenolic OH excluding ortho intramolecular Hbond substituents is 1. The van der Waals surface area contributed by atoms with Gasteiger partial charge in [0.05, 0.1) is 5.69 Å². The van der Waals surface area contributed by atoms with Crippen molar-refractivity contribution in [2.24, 2.45) is 0 Å². The summed E-state index contributed by atoms with van der Waals surface area (Å²) in [5, 5.41) is 10.3. The lowest BCUT2D eigenvalue weighted by atomic mass is 10.1. The predicted octanol–water partition coefficient (Wildman–Crippen LogP) is 2.76. The molecular formula is C18H20N4O. The number of aromatic hydroxyl groups is 1. The van der Waals surface area contributed by atoms with E-state index in [9.17, 15) is 5.11 Å². The third kappa shape index (κ3) is 2.47. The van der Waals surface area contributed by atoms with Crippen LogP contribution in [-0.2, 0) is 6.42 Å². The Kier molecular flexibility index (Phi) is 3.50. The Labute approximate surface area is 135 Å². The lowest BCUT2D eigenvalue weighted by Crippen LogP contribution is -2.28. The summed E-state index contributed by atoms with van der Waals surface area (Å²) in [6, 6.07) is 11.7. The van der Waals surface area contributed by atoms with Crippen molar-refractivity contribution in [3.8, 4) is 11.4 Å². The van der Waals surface area contributed by atoms with Gasteiger partial charge in [0, 0.05) is 18.7 Å². The number of likely N-dealkylation sites (tertiary alicyclic amines) is 1. The van der Waals surface area contributed by atoms with Gasteiger partial charge in [0.15, 0.2) is 5.65 Å². The number of imidazole rings is 1. The fourth-order valence-corrected chi connectivity index (χ4v) is 3.45. The molecule has 4 rings (SSSR count). The van der Waals surface area contributed by atoms with Crippen molar-refractivity contribution in [2.75, 3.05) is 13.6 Å². The molecule has 1 N–H and O–H groups in total. The van der Waals surface area contributed by atoms with Crippen LogP contribution in [0.2, 0.25) is 0 Å². The molecule has 0 amide bonds. The van der Waals surface area contributed by atoms with Gasteiger partial charge in [-0.25, -0.2) is 9.97 Å². The Hall–Kier alpha value is -2.40. The molecule has 1 aliphatic heterocycles. The van der Waals surface area contributed by atoms with Crippen LogP contribution < -0.4 is 0 Å². The molecule has 23 heavy (non-hydrogen) atoms.